The Morgan fingerprint density at radius 3 is 2.52 bits per heavy atom. The van der Waals surface area contributed by atoms with Crippen LogP contribution in [0.15, 0.2) is 48.7 Å². The van der Waals surface area contributed by atoms with Crippen molar-refractivity contribution in [3.8, 4) is 0 Å². The Morgan fingerprint density at radius 2 is 1.88 bits per heavy atom. The van der Waals surface area contributed by atoms with E-state index in [2.05, 4.69) is 31.0 Å². The lowest BCUT2D eigenvalue weighted by molar-refractivity contribution is 0.0682. The Kier molecular flexibility index (Phi) is 4.88. The summed E-state index contributed by atoms with van der Waals surface area (Å²) in [7, 11) is 0. The van der Waals surface area contributed by atoms with Crippen molar-refractivity contribution in [2.45, 2.75) is 46.7 Å². The fraction of sp³-hybridized carbons (Fsp3) is 0.333. The van der Waals surface area contributed by atoms with Crippen molar-refractivity contribution in [1.29, 1.82) is 0 Å². The number of carbonyl (C=O) groups is 1. The van der Waals surface area contributed by atoms with Crippen LogP contribution < -0.4 is 0 Å². The fourth-order valence-corrected chi connectivity index (χ4v) is 3.08. The van der Waals surface area contributed by atoms with Gasteiger partial charge < -0.3 is 4.90 Å². The summed E-state index contributed by atoms with van der Waals surface area (Å²) >= 11 is 0. The standard InChI is InChI=1S/C21H25N3O/c1-5-18-20(24-13-16(4)11-12-19(24)22-18)21(25)23(15(2)3)14-17-9-7-6-8-10-17/h6-13,15H,5,14H2,1-4H3. The van der Waals surface area contributed by atoms with E-state index in [9.17, 15) is 4.79 Å². The molecule has 0 fully saturated rings. The predicted molar refractivity (Wildman–Crippen MR) is 101 cm³/mol. The summed E-state index contributed by atoms with van der Waals surface area (Å²) in [6.45, 7) is 8.78. The number of benzene rings is 1. The average molecular weight is 335 g/mol. The van der Waals surface area contributed by atoms with E-state index in [1.54, 1.807) is 0 Å². The van der Waals surface area contributed by atoms with Crippen LogP contribution >= 0.6 is 0 Å². The SMILES string of the molecule is CCc1nc2ccc(C)cn2c1C(=O)N(Cc1ccccc1)C(C)C. The summed E-state index contributed by atoms with van der Waals surface area (Å²) in [6.07, 6.45) is 2.73. The summed E-state index contributed by atoms with van der Waals surface area (Å²) in [5.74, 6) is 0.0359. The summed E-state index contributed by atoms with van der Waals surface area (Å²) in [6, 6.07) is 14.2. The monoisotopic (exact) mass is 335 g/mol. The van der Waals surface area contributed by atoms with Crippen molar-refractivity contribution in [2.75, 3.05) is 0 Å². The topological polar surface area (TPSA) is 37.6 Å². The lowest BCUT2D eigenvalue weighted by Crippen LogP contribution is -2.37. The molecule has 130 valence electrons. The van der Waals surface area contributed by atoms with E-state index < -0.39 is 0 Å². The normalized spacial score (nSPS) is 11.2. The van der Waals surface area contributed by atoms with Gasteiger partial charge in [-0.1, -0.05) is 43.3 Å². The minimum atomic E-state index is 0.0359. The van der Waals surface area contributed by atoms with Gasteiger partial charge in [-0.2, -0.15) is 0 Å². The number of pyridine rings is 1. The Balaban J connectivity index is 2.05. The average Bonchev–Trinajstić information content (AvgIpc) is 2.97. The quantitative estimate of drug-likeness (QED) is 0.699. The highest BCUT2D eigenvalue weighted by Gasteiger charge is 2.25. The van der Waals surface area contributed by atoms with Gasteiger partial charge in [-0.05, 0) is 44.4 Å². The molecule has 0 spiro atoms. The number of aromatic nitrogens is 2. The summed E-state index contributed by atoms with van der Waals surface area (Å²) in [5, 5.41) is 0. The third-order valence-electron chi connectivity index (χ3n) is 4.46. The molecule has 3 rings (SSSR count). The molecule has 0 unspecified atom stereocenters. The van der Waals surface area contributed by atoms with Crippen LogP contribution in [0.4, 0.5) is 0 Å². The van der Waals surface area contributed by atoms with Crippen LogP contribution in [-0.2, 0) is 13.0 Å². The van der Waals surface area contributed by atoms with Crippen molar-refractivity contribution in [2.24, 2.45) is 0 Å². The third kappa shape index (κ3) is 3.43. The second-order valence-electron chi connectivity index (χ2n) is 6.71. The highest BCUT2D eigenvalue weighted by molar-refractivity contribution is 5.95. The Bertz CT molecular complexity index is 881. The van der Waals surface area contributed by atoms with Crippen molar-refractivity contribution >= 4 is 11.6 Å². The van der Waals surface area contributed by atoms with Gasteiger partial charge >= 0.3 is 0 Å². The molecule has 1 amide bonds. The summed E-state index contributed by atoms with van der Waals surface area (Å²) < 4.78 is 1.94. The molecule has 0 aliphatic heterocycles. The predicted octanol–water partition coefficient (Wildman–Crippen LogP) is 4.26. The first kappa shape index (κ1) is 17.2. The number of rotatable bonds is 5. The molecule has 0 aliphatic rings. The Labute approximate surface area is 149 Å². The zero-order valence-electron chi connectivity index (χ0n) is 15.4. The lowest BCUT2D eigenvalue weighted by atomic mass is 10.1. The number of imidazole rings is 1. The zero-order valence-corrected chi connectivity index (χ0v) is 15.4. The molecule has 0 saturated carbocycles. The van der Waals surface area contributed by atoms with Crippen LogP contribution in [-0.4, -0.2) is 26.2 Å². The third-order valence-corrected chi connectivity index (χ3v) is 4.46. The number of fused-ring (bicyclic) bond motifs is 1. The molecule has 0 bridgehead atoms. The van der Waals surface area contributed by atoms with Crippen LogP contribution in [0.3, 0.4) is 0 Å². The second-order valence-corrected chi connectivity index (χ2v) is 6.71. The van der Waals surface area contributed by atoms with E-state index in [0.717, 1.165) is 28.9 Å². The van der Waals surface area contributed by atoms with E-state index in [-0.39, 0.29) is 11.9 Å². The van der Waals surface area contributed by atoms with E-state index in [1.807, 2.05) is 59.7 Å². The summed E-state index contributed by atoms with van der Waals surface area (Å²) in [5.41, 5.74) is 4.61. The molecule has 25 heavy (non-hydrogen) atoms. The van der Waals surface area contributed by atoms with E-state index in [4.69, 9.17) is 0 Å². The maximum atomic E-state index is 13.4. The zero-order chi connectivity index (χ0) is 18.0. The highest BCUT2D eigenvalue weighted by atomic mass is 16.2. The van der Waals surface area contributed by atoms with Gasteiger partial charge in [-0.3, -0.25) is 9.20 Å². The number of amides is 1. The van der Waals surface area contributed by atoms with Gasteiger partial charge in [0.15, 0.2) is 0 Å². The molecule has 0 radical (unpaired) electrons. The first-order valence-electron chi connectivity index (χ1n) is 8.83. The second kappa shape index (κ2) is 7.09. The van der Waals surface area contributed by atoms with E-state index in [1.165, 1.54) is 0 Å². The molecule has 0 N–H and O–H groups in total. The van der Waals surface area contributed by atoms with Crippen LogP contribution in [0.1, 0.15) is 48.1 Å². The molecule has 2 heterocycles. The van der Waals surface area contributed by atoms with Crippen molar-refractivity contribution in [3.05, 3.63) is 71.2 Å². The van der Waals surface area contributed by atoms with Gasteiger partial charge in [0.1, 0.15) is 11.3 Å². The van der Waals surface area contributed by atoms with Gasteiger partial charge in [0.2, 0.25) is 0 Å². The molecule has 1 aromatic carbocycles. The van der Waals surface area contributed by atoms with Gasteiger partial charge in [-0.25, -0.2) is 4.98 Å². The molecule has 4 nitrogen and oxygen atoms in total. The maximum Gasteiger partial charge on any atom is 0.273 e. The number of nitrogens with zero attached hydrogens (tertiary/aromatic N) is 3. The molecule has 0 saturated heterocycles. The van der Waals surface area contributed by atoms with Gasteiger partial charge in [0.25, 0.3) is 5.91 Å². The number of hydrogen-bond donors (Lipinski definition) is 0. The smallest absolute Gasteiger partial charge is 0.273 e. The van der Waals surface area contributed by atoms with Gasteiger partial charge in [0.05, 0.1) is 5.69 Å². The van der Waals surface area contributed by atoms with Crippen molar-refractivity contribution in [1.82, 2.24) is 14.3 Å². The van der Waals surface area contributed by atoms with Crippen molar-refractivity contribution < 1.29 is 4.79 Å². The number of aryl methyl sites for hydroxylation is 2. The fourth-order valence-electron chi connectivity index (χ4n) is 3.08. The van der Waals surface area contributed by atoms with E-state index in [0.29, 0.717) is 12.2 Å². The van der Waals surface area contributed by atoms with Crippen LogP contribution in [0.2, 0.25) is 0 Å². The molecule has 0 aliphatic carbocycles. The minimum absolute atomic E-state index is 0.0359. The highest BCUT2D eigenvalue weighted by Crippen LogP contribution is 2.20. The number of carbonyl (C=O) groups excluding carboxylic acids is 1. The Morgan fingerprint density at radius 1 is 1.16 bits per heavy atom. The Hall–Kier alpha value is -2.62. The molecule has 4 heteroatoms. The molecule has 0 atom stereocenters. The van der Waals surface area contributed by atoms with Crippen LogP contribution in [0.5, 0.6) is 0 Å². The molecular weight excluding hydrogens is 310 g/mol. The maximum absolute atomic E-state index is 13.4. The van der Waals surface area contributed by atoms with Crippen molar-refractivity contribution in [3.63, 3.8) is 0 Å². The first-order valence-corrected chi connectivity index (χ1v) is 8.83. The van der Waals surface area contributed by atoms with Gasteiger partial charge in [0, 0.05) is 18.8 Å². The van der Waals surface area contributed by atoms with E-state index >= 15 is 0 Å². The lowest BCUT2D eigenvalue weighted by Gasteiger charge is -2.27. The van der Waals surface area contributed by atoms with Gasteiger partial charge in [-0.15, -0.1) is 0 Å². The minimum Gasteiger partial charge on any atom is -0.331 e. The van der Waals surface area contributed by atoms with Crippen LogP contribution in [0.25, 0.3) is 5.65 Å². The van der Waals surface area contributed by atoms with Crippen LogP contribution in [0, 0.1) is 6.92 Å². The number of hydrogen-bond acceptors (Lipinski definition) is 2. The largest absolute Gasteiger partial charge is 0.331 e. The molecule has 3 aromatic rings. The summed E-state index contributed by atoms with van der Waals surface area (Å²) in [4.78, 5) is 20.0. The first-order chi connectivity index (χ1) is 12.0. The molecule has 2 aromatic heterocycles. The molecular formula is C21H25N3O.